The SMILES string of the molecule is Cc1ccc(-c2nc(C(COS(C)(=O)=O)Oc3ccc(F)c(C(N)=O)c3F)oc2Cl)cc1. The largest absolute Gasteiger partial charge is 0.475 e. The summed E-state index contributed by atoms with van der Waals surface area (Å²) in [4.78, 5) is 15.6. The molecule has 2 aromatic carbocycles. The van der Waals surface area contributed by atoms with E-state index in [2.05, 4.69) is 4.98 Å². The molecule has 0 aliphatic heterocycles. The van der Waals surface area contributed by atoms with Gasteiger partial charge in [-0.3, -0.25) is 8.98 Å². The third-order valence-corrected chi connectivity index (χ3v) is 5.03. The zero-order valence-corrected chi connectivity index (χ0v) is 18.3. The van der Waals surface area contributed by atoms with E-state index in [9.17, 15) is 22.0 Å². The lowest BCUT2D eigenvalue weighted by Gasteiger charge is -2.17. The number of benzene rings is 2. The van der Waals surface area contributed by atoms with E-state index in [0.717, 1.165) is 24.0 Å². The van der Waals surface area contributed by atoms with Crippen LogP contribution in [0, 0.1) is 18.6 Å². The highest BCUT2D eigenvalue weighted by atomic mass is 35.5. The number of primary amides is 1. The molecule has 1 atom stereocenters. The van der Waals surface area contributed by atoms with Crippen LogP contribution in [0.5, 0.6) is 5.75 Å². The molecule has 170 valence electrons. The second kappa shape index (κ2) is 9.23. The van der Waals surface area contributed by atoms with Gasteiger partial charge in [-0.25, -0.2) is 13.8 Å². The number of oxazole rings is 1. The molecular weight excluding hydrogens is 470 g/mol. The molecule has 1 amide bonds. The zero-order valence-electron chi connectivity index (χ0n) is 16.8. The van der Waals surface area contributed by atoms with Gasteiger partial charge in [0.2, 0.25) is 11.1 Å². The number of hydrogen-bond acceptors (Lipinski definition) is 7. The minimum Gasteiger partial charge on any atom is -0.475 e. The molecule has 0 radical (unpaired) electrons. The van der Waals surface area contributed by atoms with Gasteiger partial charge in [0.1, 0.15) is 23.7 Å². The maximum absolute atomic E-state index is 14.6. The summed E-state index contributed by atoms with van der Waals surface area (Å²) in [6, 6.07) is 8.79. The maximum Gasteiger partial charge on any atom is 0.264 e. The van der Waals surface area contributed by atoms with E-state index in [1.54, 1.807) is 12.1 Å². The van der Waals surface area contributed by atoms with Gasteiger partial charge >= 0.3 is 0 Å². The van der Waals surface area contributed by atoms with Gasteiger partial charge < -0.3 is 14.9 Å². The van der Waals surface area contributed by atoms with Crippen molar-refractivity contribution in [2.24, 2.45) is 5.73 Å². The quantitative estimate of drug-likeness (QED) is 0.481. The first-order valence-corrected chi connectivity index (χ1v) is 11.2. The van der Waals surface area contributed by atoms with Crippen LogP contribution >= 0.6 is 11.6 Å². The summed E-state index contributed by atoms with van der Waals surface area (Å²) in [7, 11) is -3.93. The second-order valence-electron chi connectivity index (χ2n) is 6.73. The average Bonchev–Trinajstić information content (AvgIpc) is 3.08. The van der Waals surface area contributed by atoms with Gasteiger partial charge in [0.05, 0.1) is 6.26 Å². The fraction of sp³-hybridized carbons (Fsp3) is 0.200. The number of rotatable bonds is 8. The van der Waals surface area contributed by atoms with Gasteiger partial charge in [-0.05, 0) is 30.7 Å². The van der Waals surface area contributed by atoms with Gasteiger partial charge in [0.25, 0.3) is 16.0 Å². The Morgan fingerprint density at radius 2 is 1.88 bits per heavy atom. The highest BCUT2D eigenvalue weighted by Crippen LogP contribution is 2.33. The molecule has 1 unspecified atom stereocenters. The number of hydrogen-bond donors (Lipinski definition) is 1. The van der Waals surface area contributed by atoms with Crippen molar-refractivity contribution >= 4 is 27.6 Å². The molecule has 2 N–H and O–H groups in total. The standard InChI is InChI=1S/C20H17ClF2N2O6S/c1-10-3-5-11(6-4-10)17-18(21)31-20(25-17)14(9-29-32(2,27)28)30-13-8-7-12(22)15(16(13)23)19(24)26/h3-8,14H,9H2,1-2H3,(H2,24,26). The predicted molar refractivity (Wildman–Crippen MR) is 111 cm³/mol. The number of nitrogens with two attached hydrogens (primary N) is 1. The van der Waals surface area contributed by atoms with Crippen molar-refractivity contribution in [3.05, 3.63) is 70.3 Å². The Bertz CT molecular complexity index is 1260. The van der Waals surface area contributed by atoms with Crippen molar-refractivity contribution in [3.8, 4) is 17.0 Å². The van der Waals surface area contributed by atoms with Crippen molar-refractivity contribution in [1.82, 2.24) is 4.98 Å². The van der Waals surface area contributed by atoms with E-state index >= 15 is 0 Å². The molecule has 32 heavy (non-hydrogen) atoms. The minimum atomic E-state index is -3.93. The number of amides is 1. The first-order chi connectivity index (χ1) is 15.0. The van der Waals surface area contributed by atoms with Gasteiger partial charge in [-0.2, -0.15) is 8.42 Å². The molecule has 0 fully saturated rings. The lowest BCUT2D eigenvalue weighted by Crippen LogP contribution is -2.20. The Morgan fingerprint density at radius 3 is 2.47 bits per heavy atom. The fourth-order valence-corrected chi connectivity index (χ4v) is 3.29. The Kier molecular flexibility index (Phi) is 6.82. The number of aryl methyl sites for hydroxylation is 1. The lowest BCUT2D eigenvalue weighted by molar-refractivity contribution is 0.0975. The molecule has 12 heteroatoms. The Morgan fingerprint density at radius 1 is 1.22 bits per heavy atom. The van der Waals surface area contributed by atoms with E-state index in [-0.39, 0.29) is 16.8 Å². The summed E-state index contributed by atoms with van der Waals surface area (Å²) in [5.74, 6) is -4.76. The van der Waals surface area contributed by atoms with Crippen LogP contribution in [0.15, 0.2) is 40.8 Å². The average molecular weight is 487 g/mol. The van der Waals surface area contributed by atoms with Crippen molar-refractivity contribution in [3.63, 3.8) is 0 Å². The van der Waals surface area contributed by atoms with E-state index in [4.69, 9.17) is 30.7 Å². The highest BCUT2D eigenvalue weighted by molar-refractivity contribution is 7.85. The molecule has 3 aromatic rings. The molecule has 0 saturated heterocycles. The molecular formula is C20H17ClF2N2O6S. The number of aromatic nitrogens is 1. The zero-order chi connectivity index (χ0) is 23.6. The minimum absolute atomic E-state index is 0.130. The number of carbonyl (C=O) groups is 1. The summed E-state index contributed by atoms with van der Waals surface area (Å²) in [5.41, 5.74) is 5.82. The Hall–Kier alpha value is -3.02. The summed E-state index contributed by atoms with van der Waals surface area (Å²) in [6.45, 7) is 1.22. The normalized spacial score (nSPS) is 12.5. The van der Waals surface area contributed by atoms with Crippen LogP contribution in [-0.2, 0) is 14.3 Å². The maximum atomic E-state index is 14.6. The summed E-state index contributed by atoms with van der Waals surface area (Å²) < 4.78 is 66.9. The van der Waals surface area contributed by atoms with Gasteiger partial charge in [-0.1, -0.05) is 29.8 Å². The molecule has 1 aromatic heterocycles. The van der Waals surface area contributed by atoms with Crippen LogP contribution in [0.2, 0.25) is 5.22 Å². The van der Waals surface area contributed by atoms with Crippen molar-refractivity contribution in [2.45, 2.75) is 13.0 Å². The van der Waals surface area contributed by atoms with Crippen LogP contribution in [-0.4, -0.2) is 32.2 Å². The molecule has 0 spiro atoms. The predicted octanol–water partition coefficient (Wildman–Crippen LogP) is 3.78. The molecule has 3 rings (SSSR count). The molecule has 0 saturated carbocycles. The fourth-order valence-electron chi connectivity index (χ4n) is 2.69. The second-order valence-corrected chi connectivity index (χ2v) is 8.72. The van der Waals surface area contributed by atoms with Crippen molar-refractivity contribution in [1.29, 1.82) is 0 Å². The lowest BCUT2D eigenvalue weighted by atomic mass is 10.1. The van der Waals surface area contributed by atoms with E-state index < -0.39 is 51.7 Å². The number of halogens is 3. The van der Waals surface area contributed by atoms with Crippen LogP contribution in [0.25, 0.3) is 11.3 Å². The number of nitrogens with zero attached hydrogens (tertiary/aromatic N) is 1. The van der Waals surface area contributed by atoms with Crippen LogP contribution < -0.4 is 10.5 Å². The third kappa shape index (κ3) is 5.42. The summed E-state index contributed by atoms with van der Waals surface area (Å²) in [5, 5.41) is -0.130. The molecule has 8 nitrogen and oxygen atoms in total. The number of ether oxygens (including phenoxy) is 1. The van der Waals surface area contributed by atoms with E-state index in [1.807, 2.05) is 19.1 Å². The topological polar surface area (TPSA) is 122 Å². The van der Waals surface area contributed by atoms with E-state index in [0.29, 0.717) is 5.56 Å². The van der Waals surface area contributed by atoms with Gasteiger partial charge in [-0.15, -0.1) is 0 Å². The van der Waals surface area contributed by atoms with E-state index in [1.165, 1.54) is 0 Å². The molecule has 0 aliphatic rings. The highest BCUT2D eigenvalue weighted by Gasteiger charge is 2.28. The van der Waals surface area contributed by atoms with Crippen LogP contribution in [0.3, 0.4) is 0 Å². The smallest absolute Gasteiger partial charge is 0.264 e. The van der Waals surface area contributed by atoms with Crippen molar-refractivity contribution < 1.29 is 35.3 Å². The third-order valence-electron chi connectivity index (χ3n) is 4.21. The first kappa shape index (κ1) is 23.6. The van der Waals surface area contributed by atoms with Crippen LogP contribution in [0.1, 0.15) is 27.9 Å². The van der Waals surface area contributed by atoms with Gasteiger partial charge in [0.15, 0.2) is 17.7 Å². The first-order valence-electron chi connectivity index (χ1n) is 8.98. The summed E-state index contributed by atoms with van der Waals surface area (Å²) in [6.07, 6.45) is -0.629. The Balaban J connectivity index is 2.01. The van der Waals surface area contributed by atoms with Crippen LogP contribution in [0.4, 0.5) is 8.78 Å². The van der Waals surface area contributed by atoms with Gasteiger partial charge in [0, 0.05) is 5.56 Å². The van der Waals surface area contributed by atoms with Crippen molar-refractivity contribution in [2.75, 3.05) is 12.9 Å². The molecule has 1 heterocycles. The molecule has 0 aliphatic carbocycles. The molecule has 0 bridgehead atoms. The Labute approximate surface area is 187 Å². The monoisotopic (exact) mass is 486 g/mol. The summed E-state index contributed by atoms with van der Waals surface area (Å²) >= 11 is 6.15. The number of carbonyl (C=O) groups excluding carboxylic acids is 1.